The first-order valence-electron chi connectivity index (χ1n) is 7.68. The van der Waals surface area contributed by atoms with Crippen molar-refractivity contribution in [2.24, 2.45) is 0 Å². The predicted octanol–water partition coefficient (Wildman–Crippen LogP) is 6.82. The van der Waals surface area contributed by atoms with Gasteiger partial charge in [-0.05, 0) is 36.4 Å². The lowest BCUT2D eigenvalue weighted by molar-refractivity contribution is 1.29. The zero-order chi connectivity index (χ0) is 16.4. The molecule has 24 heavy (non-hydrogen) atoms. The van der Waals surface area contributed by atoms with Gasteiger partial charge in [0.2, 0.25) is 0 Å². The number of benzene rings is 3. The number of halogens is 1. The van der Waals surface area contributed by atoms with E-state index in [9.17, 15) is 0 Å². The van der Waals surface area contributed by atoms with Gasteiger partial charge in [0.25, 0.3) is 0 Å². The standard InChI is InChI=1S/C21H14BrNS/c22-17-10-12-18(13-11-17)24-20-14-16-8-4-5-9-19(16)23-21(20)15-6-2-1-3-7-15/h1-14H. The Kier molecular flexibility index (Phi) is 4.37. The molecule has 0 amide bonds. The lowest BCUT2D eigenvalue weighted by Crippen LogP contribution is -1.89. The first-order chi connectivity index (χ1) is 11.8. The third kappa shape index (κ3) is 3.23. The zero-order valence-corrected chi connectivity index (χ0v) is 15.2. The summed E-state index contributed by atoms with van der Waals surface area (Å²) < 4.78 is 1.09. The molecule has 4 rings (SSSR count). The molecule has 0 saturated heterocycles. The molecule has 116 valence electrons. The van der Waals surface area contributed by atoms with Gasteiger partial charge in [0.1, 0.15) is 0 Å². The van der Waals surface area contributed by atoms with Gasteiger partial charge < -0.3 is 0 Å². The quantitative estimate of drug-likeness (QED) is 0.380. The Balaban J connectivity index is 1.86. The Labute approximate surface area is 153 Å². The molecule has 0 aliphatic carbocycles. The molecule has 4 aromatic rings. The maximum atomic E-state index is 4.93. The summed E-state index contributed by atoms with van der Waals surface area (Å²) in [5.41, 5.74) is 3.20. The normalized spacial score (nSPS) is 10.9. The first-order valence-corrected chi connectivity index (χ1v) is 9.29. The number of nitrogens with zero attached hydrogens (tertiary/aromatic N) is 1. The molecule has 1 nitrogen and oxygen atoms in total. The van der Waals surface area contributed by atoms with Crippen LogP contribution in [0, 0.1) is 0 Å². The van der Waals surface area contributed by atoms with Crippen LogP contribution in [-0.4, -0.2) is 4.98 Å². The minimum atomic E-state index is 1.02. The van der Waals surface area contributed by atoms with Crippen LogP contribution in [0.4, 0.5) is 0 Å². The molecule has 0 bridgehead atoms. The molecule has 0 saturated carbocycles. The molecule has 0 fully saturated rings. The summed E-state index contributed by atoms with van der Waals surface area (Å²) in [7, 11) is 0. The van der Waals surface area contributed by atoms with Crippen LogP contribution in [0.5, 0.6) is 0 Å². The van der Waals surface area contributed by atoms with Crippen molar-refractivity contribution in [1.29, 1.82) is 0 Å². The lowest BCUT2D eigenvalue weighted by atomic mass is 10.1. The Hall–Kier alpha value is -2.10. The van der Waals surface area contributed by atoms with Crippen LogP contribution in [-0.2, 0) is 0 Å². The van der Waals surface area contributed by atoms with Crippen LogP contribution >= 0.6 is 27.7 Å². The van der Waals surface area contributed by atoms with E-state index in [-0.39, 0.29) is 0 Å². The highest BCUT2D eigenvalue weighted by molar-refractivity contribution is 9.10. The van der Waals surface area contributed by atoms with Crippen LogP contribution in [0.15, 0.2) is 99.2 Å². The number of pyridine rings is 1. The second-order valence-electron chi connectivity index (χ2n) is 5.45. The number of fused-ring (bicyclic) bond motifs is 1. The fourth-order valence-corrected chi connectivity index (χ4v) is 3.84. The van der Waals surface area contributed by atoms with E-state index >= 15 is 0 Å². The van der Waals surface area contributed by atoms with Crippen LogP contribution in [0.1, 0.15) is 0 Å². The summed E-state index contributed by atoms with van der Waals surface area (Å²) in [5, 5.41) is 1.16. The van der Waals surface area contributed by atoms with Gasteiger partial charge in [-0.2, -0.15) is 0 Å². The van der Waals surface area contributed by atoms with Crippen molar-refractivity contribution in [3.63, 3.8) is 0 Å². The molecule has 0 atom stereocenters. The van der Waals surface area contributed by atoms with E-state index in [4.69, 9.17) is 4.98 Å². The van der Waals surface area contributed by atoms with Crippen molar-refractivity contribution in [1.82, 2.24) is 4.98 Å². The van der Waals surface area contributed by atoms with Crippen molar-refractivity contribution in [3.05, 3.63) is 89.4 Å². The van der Waals surface area contributed by atoms with E-state index in [0.717, 1.165) is 26.6 Å². The fourth-order valence-electron chi connectivity index (χ4n) is 2.61. The first kappa shape index (κ1) is 15.4. The van der Waals surface area contributed by atoms with Crippen molar-refractivity contribution in [2.45, 2.75) is 9.79 Å². The van der Waals surface area contributed by atoms with E-state index in [1.165, 1.54) is 9.79 Å². The van der Waals surface area contributed by atoms with Crippen LogP contribution in [0.25, 0.3) is 22.2 Å². The summed E-state index contributed by atoms with van der Waals surface area (Å²) in [6, 6.07) is 29.3. The van der Waals surface area contributed by atoms with E-state index in [2.05, 4.69) is 88.7 Å². The Morgan fingerprint density at radius 1 is 0.750 bits per heavy atom. The van der Waals surface area contributed by atoms with Crippen molar-refractivity contribution in [2.75, 3.05) is 0 Å². The number of para-hydroxylation sites is 1. The Bertz CT molecular complexity index is 982. The summed E-state index contributed by atoms with van der Waals surface area (Å²) in [6.45, 7) is 0. The van der Waals surface area contributed by atoms with E-state index < -0.39 is 0 Å². The maximum Gasteiger partial charge on any atom is 0.0849 e. The number of aromatic nitrogens is 1. The summed E-state index contributed by atoms with van der Waals surface area (Å²) in [5.74, 6) is 0. The molecular weight excluding hydrogens is 378 g/mol. The topological polar surface area (TPSA) is 12.9 Å². The smallest absolute Gasteiger partial charge is 0.0849 e. The minimum Gasteiger partial charge on any atom is -0.247 e. The van der Waals surface area contributed by atoms with Crippen molar-refractivity contribution < 1.29 is 0 Å². The summed E-state index contributed by atoms with van der Waals surface area (Å²) in [6.07, 6.45) is 0. The molecule has 0 spiro atoms. The molecule has 0 radical (unpaired) electrons. The van der Waals surface area contributed by atoms with Crippen molar-refractivity contribution in [3.8, 4) is 11.3 Å². The average Bonchev–Trinajstić information content (AvgIpc) is 2.64. The molecule has 0 unspecified atom stereocenters. The van der Waals surface area contributed by atoms with E-state index in [1.54, 1.807) is 11.8 Å². The minimum absolute atomic E-state index is 1.02. The van der Waals surface area contributed by atoms with Crippen LogP contribution in [0.3, 0.4) is 0 Å². The average molecular weight is 392 g/mol. The second kappa shape index (κ2) is 6.80. The highest BCUT2D eigenvalue weighted by atomic mass is 79.9. The number of hydrogen-bond donors (Lipinski definition) is 0. The van der Waals surface area contributed by atoms with Gasteiger partial charge in [-0.15, -0.1) is 0 Å². The predicted molar refractivity (Wildman–Crippen MR) is 105 cm³/mol. The van der Waals surface area contributed by atoms with Crippen LogP contribution < -0.4 is 0 Å². The molecular formula is C21H14BrNS. The molecule has 0 N–H and O–H groups in total. The van der Waals surface area contributed by atoms with Gasteiger partial charge in [-0.1, -0.05) is 76.2 Å². The highest BCUT2D eigenvalue weighted by Crippen LogP contribution is 2.37. The lowest BCUT2D eigenvalue weighted by Gasteiger charge is -2.11. The third-order valence-electron chi connectivity index (χ3n) is 3.78. The Morgan fingerprint density at radius 3 is 2.25 bits per heavy atom. The van der Waals surface area contributed by atoms with E-state index in [0.29, 0.717) is 0 Å². The molecule has 3 aromatic carbocycles. The van der Waals surface area contributed by atoms with Gasteiger partial charge in [-0.25, -0.2) is 4.98 Å². The van der Waals surface area contributed by atoms with Gasteiger partial charge >= 0.3 is 0 Å². The number of rotatable bonds is 3. The third-order valence-corrected chi connectivity index (χ3v) is 5.35. The second-order valence-corrected chi connectivity index (χ2v) is 7.48. The van der Waals surface area contributed by atoms with Gasteiger partial charge in [0, 0.05) is 25.2 Å². The zero-order valence-electron chi connectivity index (χ0n) is 12.8. The van der Waals surface area contributed by atoms with Gasteiger partial charge in [0.15, 0.2) is 0 Å². The van der Waals surface area contributed by atoms with Gasteiger partial charge in [-0.3, -0.25) is 0 Å². The SMILES string of the molecule is Brc1ccc(Sc2cc3ccccc3nc2-c2ccccc2)cc1. The monoisotopic (exact) mass is 391 g/mol. The Morgan fingerprint density at radius 2 is 1.46 bits per heavy atom. The van der Waals surface area contributed by atoms with E-state index in [1.807, 2.05) is 12.1 Å². The maximum absolute atomic E-state index is 4.93. The molecule has 0 aliphatic heterocycles. The molecule has 1 heterocycles. The summed E-state index contributed by atoms with van der Waals surface area (Å²) >= 11 is 5.24. The van der Waals surface area contributed by atoms with Crippen LogP contribution in [0.2, 0.25) is 0 Å². The molecule has 3 heteroatoms. The molecule has 1 aromatic heterocycles. The fraction of sp³-hybridized carbons (Fsp3) is 0. The van der Waals surface area contributed by atoms with Gasteiger partial charge in [0.05, 0.1) is 11.2 Å². The number of hydrogen-bond acceptors (Lipinski definition) is 2. The largest absolute Gasteiger partial charge is 0.247 e. The van der Waals surface area contributed by atoms with Crippen molar-refractivity contribution >= 4 is 38.6 Å². The highest BCUT2D eigenvalue weighted by Gasteiger charge is 2.10. The summed E-state index contributed by atoms with van der Waals surface area (Å²) in [4.78, 5) is 7.30. The molecule has 0 aliphatic rings.